The van der Waals surface area contributed by atoms with Crippen molar-refractivity contribution < 1.29 is 14.2 Å². The second kappa shape index (κ2) is 8.47. The zero-order valence-electron chi connectivity index (χ0n) is 14.8. The van der Waals surface area contributed by atoms with Crippen LogP contribution in [0.4, 0.5) is 0 Å². The molecule has 130 valence electrons. The molecule has 1 aromatic rings. The van der Waals surface area contributed by atoms with Gasteiger partial charge in [-0.3, -0.25) is 0 Å². The molecule has 5 heteroatoms. The van der Waals surface area contributed by atoms with E-state index in [4.69, 9.17) is 14.2 Å². The van der Waals surface area contributed by atoms with Gasteiger partial charge in [-0.2, -0.15) is 0 Å². The van der Waals surface area contributed by atoms with Crippen LogP contribution < -0.4 is 0 Å². The van der Waals surface area contributed by atoms with Gasteiger partial charge in [0.2, 0.25) is 0 Å². The molecule has 1 aromatic heterocycles. The molecule has 4 nitrogen and oxygen atoms in total. The molecule has 0 amide bonds. The van der Waals surface area contributed by atoms with Gasteiger partial charge in [0.15, 0.2) is 0 Å². The molecule has 0 aliphatic carbocycles. The summed E-state index contributed by atoms with van der Waals surface area (Å²) in [6.45, 7) is 9.35. The Labute approximate surface area is 144 Å². The van der Waals surface area contributed by atoms with Gasteiger partial charge >= 0.3 is 0 Å². The minimum Gasteiger partial charge on any atom is -0.376 e. The van der Waals surface area contributed by atoms with E-state index in [0.717, 1.165) is 24.5 Å². The lowest BCUT2D eigenvalue weighted by Gasteiger charge is -2.46. The van der Waals surface area contributed by atoms with Gasteiger partial charge in [0, 0.05) is 26.3 Å². The van der Waals surface area contributed by atoms with Gasteiger partial charge in [0.05, 0.1) is 16.7 Å². The van der Waals surface area contributed by atoms with E-state index in [1.807, 2.05) is 24.4 Å². The highest BCUT2D eigenvalue weighted by atomic mass is 32.2. The maximum atomic E-state index is 6.18. The summed E-state index contributed by atoms with van der Waals surface area (Å²) in [4.78, 5) is 4.37. The molecule has 0 N–H and O–H groups in total. The van der Waals surface area contributed by atoms with Crippen LogP contribution in [0.5, 0.6) is 0 Å². The Bertz CT molecular complexity index is 471. The third kappa shape index (κ3) is 5.18. The third-order valence-corrected chi connectivity index (χ3v) is 5.34. The normalized spacial score (nSPS) is 31.5. The fourth-order valence-corrected chi connectivity index (χ4v) is 4.06. The minimum absolute atomic E-state index is 0.0120. The first-order chi connectivity index (χ1) is 10.9. The summed E-state index contributed by atoms with van der Waals surface area (Å²) in [5.41, 5.74) is -0.323. The summed E-state index contributed by atoms with van der Waals surface area (Å²) in [7, 11) is 1.76. The van der Waals surface area contributed by atoms with Crippen molar-refractivity contribution in [3.8, 4) is 0 Å². The molecule has 1 fully saturated rings. The number of methoxy groups -OCH3 is 1. The molecule has 1 aliphatic heterocycles. The van der Waals surface area contributed by atoms with Crippen LogP contribution in [0.15, 0.2) is 29.4 Å². The molecule has 4 atom stereocenters. The highest BCUT2D eigenvalue weighted by molar-refractivity contribution is 7.99. The summed E-state index contributed by atoms with van der Waals surface area (Å²) < 4.78 is 18.2. The van der Waals surface area contributed by atoms with Gasteiger partial charge in [-0.25, -0.2) is 4.98 Å². The summed E-state index contributed by atoms with van der Waals surface area (Å²) in [6, 6.07) is 5.93. The van der Waals surface area contributed by atoms with E-state index in [1.54, 1.807) is 18.9 Å². The standard InChI is InChI=1S/C18H29NO3S/c1-13(2)9-11-21-17-14(3)22-16(12-18(17,4)20-5)23-15-8-6-7-10-19-15/h6-8,10,13-14,16-17H,9,11-12H2,1-5H3/t14-,16-,17-,18+/m0/s1. The van der Waals surface area contributed by atoms with E-state index in [2.05, 4.69) is 32.7 Å². The smallest absolute Gasteiger partial charge is 0.112 e. The van der Waals surface area contributed by atoms with Crippen molar-refractivity contribution in [2.75, 3.05) is 13.7 Å². The number of hydrogen-bond acceptors (Lipinski definition) is 5. The first kappa shape index (κ1) is 18.7. The molecule has 1 aliphatic rings. The molecular weight excluding hydrogens is 310 g/mol. The van der Waals surface area contributed by atoms with Crippen LogP contribution in [-0.4, -0.2) is 41.9 Å². The van der Waals surface area contributed by atoms with E-state index in [-0.39, 0.29) is 23.2 Å². The van der Waals surface area contributed by atoms with Crippen molar-refractivity contribution in [2.24, 2.45) is 5.92 Å². The summed E-state index contributed by atoms with van der Waals surface area (Å²) in [5, 5.41) is 0.974. The maximum Gasteiger partial charge on any atom is 0.112 e. The van der Waals surface area contributed by atoms with Crippen molar-refractivity contribution in [2.45, 2.75) is 68.8 Å². The number of nitrogens with zero attached hydrogens (tertiary/aromatic N) is 1. The minimum atomic E-state index is -0.346. The van der Waals surface area contributed by atoms with Gasteiger partial charge in [-0.15, -0.1) is 0 Å². The fourth-order valence-electron chi connectivity index (χ4n) is 2.87. The number of thioether (sulfide) groups is 1. The van der Waals surface area contributed by atoms with Crippen LogP contribution in [0.2, 0.25) is 0 Å². The van der Waals surface area contributed by atoms with E-state index in [0.29, 0.717) is 5.92 Å². The molecule has 0 spiro atoms. The lowest BCUT2D eigenvalue weighted by Crippen LogP contribution is -2.56. The molecular formula is C18H29NO3S. The summed E-state index contributed by atoms with van der Waals surface area (Å²) in [5.74, 6) is 0.635. The van der Waals surface area contributed by atoms with Crippen molar-refractivity contribution in [1.82, 2.24) is 4.98 Å². The van der Waals surface area contributed by atoms with Gasteiger partial charge in [-0.1, -0.05) is 31.7 Å². The van der Waals surface area contributed by atoms with Crippen LogP contribution >= 0.6 is 11.8 Å². The van der Waals surface area contributed by atoms with Crippen LogP contribution in [0, 0.1) is 5.92 Å². The SMILES string of the molecule is CO[C@]1(C)C[C@H](Sc2ccccn2)O[C@@H](C)[C@@H]1OCCC(C)C. The second-order valence-electron chi connectivity index (χ2n) is 6.75. The fraction of sp³-hybridized carbons (Fsp3) is 0.722. The van der Waals surface area contributed by atoms with Gasteiger partial charge in [0.1, 0.15) is 11.5 Å². The Morgan fingerprint density at radius 1 is 1.43 bits per heavy atom. The first-order valence-electron chi connectivity index (χ1n) is 8.34. The van der Waals surface area contributed by atoms with E-state index in [1.165, 1.54) is 0 Å². The predicted molar refractivity (Wildman–Crippen MR) is 93.7 cm³/mol. The van der Waals surface area contributed by atoms with Gasteiger partial charge in [-0.05, 0) is 38.3 Å². The lowest BCUT2D eigenvalue weighted by molar-refractivity contribution is -0.215. The molecule has 0 aromatic carbocycles. The van der Waals surface area contributed by atoms with Crippen LogP contribution in [0.3, 0.4) is 0 Å². The Morgan fingerprint density at radius 3 is 2.83 bits per heavy atom. The number of rotatable bonds is 7. The van der Waals surface area contributed by atoms with Crippen LogP contribution in [0.25, 0.3) is 0 Å². The lowest BCUT2D eigenvalue weighted by atomic mass is 9.89. The molecule has 0 radical (unpaired) electrons. The second-order valence-corrected chi connectivity index (χ2v) is 7.93. The zero-order valence-corrected chi connectivity index (χ0v) is 15.6. The van der Waals surface area contributed by atoms with Crippen molar-refractivity contribution in [3.63, 3.8) is 0 Å². The topological polar surface area (TPSA) is 40.6 Å². The number of aromatic nitrogens is 1. The summed E-state index contributed by atoms with van der Waals surface area (Å²) >= 11 is 1.65. The molecule has 0 unspecified atom stereocenters. The highest BCUT2D eigenvalue weighted by Gasteiger charge is 2.46. The zero-order chi connectivity index (χ0) is 16.9. The average Bonchev–Trinajstić information content (AvgIpc) is 2.51. The molecule has 0 bridgehead atoms. The molecule has 2 heterocycles. The molecule has 2 rings (SSSR count). The van der Waals surface area contributed by atoms with Crippen molar-refractivity contribution >= 4 is 11.8 Å². The van der Waals surface area contributed by atoms with Crippen molar-refractivity contribution in [3.05, 3.63) is 24.4 Å². The third-order valence-electron chi connectivity index (χ3n) is 4.32. The number of ether oxygens (including phenoxy) is 3. The predicted octanol–water partition coefficient (Wildman–Crippen LogP) is 4.15. The Hall–Kier alpha value is -0.620. The van der Waals surface area contributed by atoms with E-state index >= 15 is 0 Å². The van der Waals surface area contributed by atoms with E-state index < -0.39 is 0 Å². The van der Waals surface area contributed by atoms with Crippen LogP contribution in [-0.2, 0) is 14.2 Å². The maximum absolute atomic E-state index is 6.18. The largest absolute Gasteiger partial charge is 0.376 e. The molecule has 1 saturated heterocycles. The average molecular weight is 340 g/mol. The Kier molecular flexibility index (Phi) is 6.89. The number of hydrogen-bond donors (Lipinski definition) is 0. The van der Waals surface area contributed by atoms with E-state index in [9.17, 15) is 0 Å². The number of pyridine rings is 1. The van der Waals surface area contributed by atoms with Crippen LogP contribution in [0.1, 0.15) is 40.5 Å². The Balaban J connectivity index is 2.00. The quantitative estimate of drug-likeness (QED) is 0.746. The molecule has 23 heavy (non-hydrogen) atoms. The molecule has 0 saturated carbocycles. The monoisotopic (exact) mass is 339 g/mol. The van der Waals surface area contributed by atoms with Gasteiger partial charge in [0.25, 0.3) is 0 Å². The summed E-state index contributed by atoms with van der Waals surface area (Å²) in [6.07, 6.45) is 3.58. The van der Waals surface area contributed by atoms with Crippen molar-refractivity contribution in [1.29, 1.82) is 0 Å². The van der Waals surface area contributed by atoms with Gasteiger partial charge < -0.3 is 14.2 Å². The Morgan fingerprint density at radius 2 is 2.22 bits per heavy atom. The highest BCUT2D eigenvalue weighted by Crippen LogP contribution is 2.39. The first-order valence-corrected chi connectivity index (χ1v) is 9.22.